The lowest BCUT2D eigenvalue weighted by Gasteiger charge is -2.20. The van der Waals surface area contributed by atoms with Crippen LogP contribution >= 0.6 is 0 Å². The smallest absolute Gasteiger partial charge is 0.235 e. The van der Waals surface area contributed by atoms with Crippen LogP contribution in [0.15, 0.2) is 0 Å². The molecule has 0 aromatic carbocycles. The minimum absolute atomic E-state index is 0.00958. The predicted molar refractivity (Wildman–Crippen MR) is 55.9 cm³/mol. The van der Waals surface area contributed by atoms with Gasteiger partial charge in [0.25, 0.3) is 0 Å². The lowest BCUT2D eigenvalue weighted by Crippen LogP contribution is -2.35. The molecule has 0 bridgehead atoms. The van der Waals surface area contributed by atoms with E-state index >= 15 is 0 Å². The van der Waals surface area contributed by atoms with Crippen molar-refractivity contribution in [1.82, 2.24) is 4.90 Å². The molecule has 2 aliphatic rings. The minimum Gasteiger partial charge on any atom is -0.330 e. The molecule has 0 aromatic heterocycles. The number of carbonyl (C=O) groups is 2. The van der Waals surface area contributed by atoms with E-state index in [1.165, 1.54) is 4.90 Å². The second-order valence-corrected chi connectivity index (χ2v) is 4.66. The lowest BCUT2D eigenvalue weighted by molar-refractivity contribution is -0.141. The molecular weight excluding hydrogens is 192 g/mol. The van der Waals surface area contributed by atoms with E-state index in [0.29, 0.717) is 25.9 Å². The Hall–Kier alpha value is -0.900. The third kappa shape index (κ3) is 1.67. The second kappa shape index (κ2) is 3.93. The highest BCUT2D eigenvalue weighted by Crippen LogP contribution is 2.46. The Morgan fingerprint density at radius 2 is 1.93 bits per heavy atom. The molecule has 0 unspecified atom stereocenters. The third-order valence-electron chi connectivity index (χ3n) is 3.64. The molecule has 2 amide bonds. The summed E-state index contributed by atoms with van der Waals surface area (Å²) in [5, 5.41) is 0. The molecule has 1 saturated carbocycles. The van der Waals surface area contributed by atoms with Crippen LogP contribution < -0.4 is 5.73 Å². The Labute approximate surface area is 89.8 Å². The van der Waals surface area contributed by atoms with Crippen molar-refractivity contribution < 1.29 is 9.59 Å². The van der Waals surface area contributed by atoms with Crippen LogP contribution in [0.25, 0.3) is 0 Å². The number of carbonyl (C=O) groups excluding carboxylic acids is 2. The first-order chi connectivity index (χ1) is 7.19. The van der Waals surface area contributed by atoms with E-state index in [9.17, 15) is 9.59 Å². The van der Waals surface area contributed by atoms with Gasteiger partial charge in [0, 0.05) is 13.0 Å². The normalized spacial score (nSPS) is 24.5. The molecule has 2 rings (SSSR count). The van der Waals surface area contributed by atoms with Gasteiger partial charge in [0.2, 0.25) is 11.8 Å². The SMILES string of the molecule is NCCCN1C(=O)CC2(CCCC2)C1=O. The largest absolute Gasteiger partial charge is 0.330 e. The highest BCUT2D eigenvalue weighted by Gasteiger charge is 2.52. The molecule has 1 aliphatic heterocycles. The maximum Gasteiger partial charge on any atom is 0.235 e. The first-order valence-electron chi connectivity index (χ1n) is 5.74. The quantitative estimate of drug-likeness (QED) is 0.696. The molecule has 1 spiro atoms. The van der Waals surface area contributed by atoms with E-state index in [0.717, 1.165) is 25.7 Å². The first-order valence-corrected chi connectivity index (χ1v) is 5.74. The van der Waals surface area contributed by atoms with Crippen molar-refractivity contribution in [2.45, 2.75) is 38.5 Å². The van der Waals surface area contributed by atoms with E-state index < -0.39 is 0 Å². The Balaban J connectivity index is 2.08. The van der Waals surface area contributed by atoms with Crippen LogP contribution in [0.4, 0.5) is 0 Å². The van der Waals surface area contributed by atoms with Gasteiger partial charge in [-0.25, -0.2) is 0 Å². The minimum atomic E-state index is -0.314. The van der Waals surface area contributed by atoms with Crippen molar-refractivity contribution in [2.75, 3.05) is 13.1 Å². The number of imide groups is 1. The molecule has 4 heteroatoms. The summed E-state index contributed by atoms with van der Waals surface area (Å²) >= 11 is 0. The monoisotopic (exact) mass is 210 g/mol. The van der Waals surface area contributed by atoms with Crippen LogP contribution in [0, 0.1) is 5.41 Å². The van der Waals surface area contributed by atoms with Gasteiger partial charge in [-0.05, 0) is 25.8 Å². The lowest BCUT2D eigenvalue weighted by atomic mass is 9.84. The highest BCUT2D eigenvalue weighted by atomic mass is 16.2. The number of amides is 2. The van der Waals surface area contributed by atoms with E-state index in [1.807, 2.05) is 0 Å². The number of nitrogens with zero attached hydrogens (tertiary/aromatic N) is 1. The van der Waals surface area contributed by atoms with Gasteiger partial charge < -0.3 is 5.73 Å². The van der Waals surface area contributed by atoms with E-state index in [-0.39, 0.29) is 17.2 Å². The average Bonchev–Trinajstić information content (AvgIpc) is 2.75. The number of nitrogens with two attached hydrogens (primary N) is 1. The molecular formula is C11H18N2O2. The molecule has 0 radical (unpaired) electrons. The molecule has 4 nitrogen and oxygen atoms in total. The molecule has 15 heavy (non-hydrogen) atoms. The second-order valence-electron chi connectivity index (χ2n) is 4.66. The van der Waals surface area contributed by atoms with Gasteiger partial charge in [0.15, 0.2) is 0 Å². The van der Waals surface area contributed by atoms with E-state index in [1.54, 1.807) is 0 Å². The van der Waals surface area contributed by atoms with Crippen LogP contribution in [-0.4, -0.2) is 29.8 Å². The zero-order chi connectivity index (χ0) is 10.9. The average molecular weight is 210 g/mol. The third-order valence-corrected chi connectivity index (χ3v) is 3.64. The Bertz CT molecular complexity index is 282. The fraction of sp³-hybridized carbons (Fsp3) is 0.818. The van der Waals surface area contributed by atoms with Crippen LogP contribution in [0.2, 0.25) is 0 Å². The first kappa shape index (κ1) is 10.6. The number of hydrogen-bond acceptors (Lipinski definition) is 3. The number of rotatable bonds is 3. The van der Waals surface area contributed by atoms with E-state index in [2.05, 4.69) is 0 Å². The van der Waals surface area contributed by atoms with Crippen molar-refractivity contribution in [1.29, 1.82) is 0 Å². The molecule has 1 heterocycles. The Morgan fingerprint density at radius 1 is 1.27 bits per heavy atom. The zero-order valence-corrected chi connectivity index (χ0v) is 9.00. The summed E-state index contributed by atoms with van der Waals surface area (Å²) in [6.45, 7) is 1.04. The highest BCUT2D eigenvalue weighted by molar-refractivity contribution is 6.06. The molecule has 2 N–H and O–H groups in total. The van der Waals surface area contributed by atoms with Crippen LogP contribution in [0.3, 0.4) is 0 Å². The van der Waals surface area contributed by atoms with Crippen molar-refractivity contribution in [3.63, 3.8) is 0 Å². The van der Waals surface area contributed by atoms with Gasteiger partial charge >= 0.3 is 0 Å². The zero-order valence-electron chi connectivity index (χ0n) is 9.00. The summed E-state index contributed by atoms with van der Waals surface area (Å²) in [5.41, 5.74) is 5.08. The van der Waals surface area contributed by atoms with Crippen LogP contribution in [-0.2, 0) is 9.59 Å². The van der Waals surface area contributed by atoms with Gasteiger partial charge in [0.05, 0.1) is 5.41 Å². The van der Waals surface area contributed by atoms with Gasteiger partial charge in [-0.15, -0.1) is 0 Å². The van der Waals surface area contributed by atoms with Crippen molar-refractivity contribution in [3.05, 3.63) is 0 Å². The summed E-state index contributed by atoms with van der Waals surface area (Å²) < 4.78 is 0. The van der Waals surface area contributed by atoms with Crippen molar-refractivity contribution >= 4 is 11.8 Å². The molecule has 2 fully saturated rings. The van der Waals surface area contributed by atoms with Crippen molar-refractivity contribution in [3.8, 4) is 0 Å². The predicted octanol–water partition coefficient (Wildman–Crippen LogP) is 0.654. The Kier molecular flexibility index (Phi) is 2.78. The van der Waals surface area contributed by atoms with Crippen molar-refractivity contribution in [2.24, 2.45) is 11.1 Å². The molecule has 1 saturated heterocycles. The summed E-state index contributed by atoms with van der Waals surface area (Å²) in [6, 6.07) is 0. The molecule has 1 aliphatic carbocycles. The summed E-state index contributed by atoms with van der Waals surface area (Å²) in [7, 11) is 0. The standard InChI is InChI=1S/C11H18N2O2/c12-6-3-7-13-9(14)8-11(10(13)15)4-1-2-5-11/h1-8,12H2. The van der Waals surface area contributed by atoms with Gasteiger partial charge in [-0.2, -0.15) is 0 Å². The van der Waals surface area contributed by atoms with E-state index in [4.69, 9.17) is 5.73 Å². The maximum absolute atomic E-state index is 12.1. The van der Waals surface area contributed by atoms with Gasteiger partial charge in [-0.3, -0.25) is 14.5 Å². The molecule has 84 valence electrons. The molecule has 0 atom stereocenters. The summed E-state index contributed by atoms with van der Waals surface area (Å²) in [4.78, 5) is 25.3. The topological polar surface area (TPSA) is 63.4 Å². The van der Waals surface area contributed by atoms with Gasteiger partial charge in [-0.1, -0.05) is 12.8 Å². The summed E-state index contributed by atoms with van der Waals surface area (Å²) in [5.74, 6) is 0.0776. The van der Waals surface area contributed by atoms with Gasteiger partial charge in [0.1, 0.15) is 0 Å². The number of hydrogen-bond donors (Lipinski definition) is 1. The fourth-order valence-electron chi connectivity index (χ4n) is 2.78. The maximum atomic E-state index is 12.1. The number of likely N-dealkylation sites (tertiary alicyclic amines) is 1. The molecule has 0 aromatic rings. The summed E-state index contributed by atoms with van der Waals surface area (Å²) in [6.07, 6.45) is 5.13. The fourth-order valence-corrected chi connectivity index (χ4v) is 2.78. The van der Waals surface area contributed by atoms with Crippen LogP contribution in [0.1, 0.15) is 38.5 Å². The van der Waals surface area contributed by atoms with Crippen LogP contribution in [0.5, 0.6) is 0 Å². The Morgan fingerprint density at radius 3 is 2.53 bits per heavy atom.